The number of piperazine rings is 1. The number of thioether (sulfide) groups is 1. The number of carbonyl (C=O) groups is 3. The van der Waals surface area contributed by atoms with Crippen LogP contribution < -0.4 is 9.64 Å². The number of nitrogens with zero attached hydrogens (tertiary/aromatic N) is 4. The van der Waals surface area contributed by atoms with E-state index in [2.05, 4.69) is 4.90 Å². The number of ether oxygens (including phenoxy) is 1. The molecule has 1 aromatic rings. The third-order valence-corrected chi connectivity index (χ3v) is 7.08. The van der Waals surface area contributed by atoms with Crippen molar-refractivity contribution in [3.05, 3.63) is 35.7 Å². The van der Waals surface area contributed by atoms with Crippen molar-refractivity contribution in [3.63, 3.8) is 0 Å². The number of amides is 4. The summed E-state index contributed by atoms with van der Waals surface area (Å²) < 4.78 is 6.96. The van der Waals surface area contributed by atoms with E-state index >= 15 is 0 Å². The van der Waals surface area contributed by atoms with E-state index in [0.29, 0.717) is 38.4 Å². The highest BCUT2D eigenvalue weighted by molar-refractivity contribution is 8.04. The lowest BCUT2D eigenvalue weighted by molar-refractivity contribution is -0.428. The second kappa shape index (κ2) is 9.77. The number of benzene rings is 1. The van der Waals surface area contributed by atoms with Crippen molar-refractivity contribution in [2.75, 3.05) is 51.3 Å². The van der Waals surface area contributed by atoms with E-state index in [1.54, 1.807) is 18.1 Å². The van der Waals surface area contributed by atoms with Gasteiger partial charge in [-0.25, -0.2) is 4.79 Å². The summed E-state index contributed by atoms with van der Waals surface area (Å²) in [7, 11) is 1.66. The smallest absolute Gasteiger partial charge is 0.495 e. The molecule has 3 aliphatic rings. The minimum Gasteiger partial charge on any atom is -0.495 e. The van der Waals surface area contributed by atoms with Gasteiger partial charge in [0.15, 0.2) is 11.8 Å². The highest BCUT2D eigenvalue weighted by Crippen LogP contribution is 2.29. The molecule has 9 heteroatoms. The summed E-state index contributed by atoms with van der Waals surface area (Å²) in [4.78, 5) is 44.3. The number of unbranched alkanes of at least 4 members (excludes halogenated alkanes) is 1. The van der Waals surface area contributed by atoms with Crippen LogP contribution in [0.4, 0.5) is 10.5 Å². The van der Waals surface area contributed by atoms with Gasteiger partial charge < -0.3 is 14.5 Å². The molecule has 4 amide bonds. The van der Waals surface area contributed by atoms with Gasteiger partial charge in [-0.05, 0) is 30.0 Å². The Morgan fingerprint density at radius 2 is 1.94 bits per heavy atom. The Morgan fingerprint density at radius 1 is 1.19 bits per heavy atom. The largest absolute Gasteiger partial charge is 0.501 e. The van der Waals surface area contributed by atoms with Crippen LogP contribution in [0.2, 0.25) is 0 Å². The molecule has 1 aromatic carbocycles. The van der Waals surface area contributed by atoms with E-state index < -0.39 is 5.25 Å². The summed E-state index contributed by atoms with van der Waals surface area (Å²) in [6.07, 6.45) is 3.43. The average molecular weight is 458 g/mol. The number of para-hydroxylation sites is 2. The molecule has 0 saturated carbocycles. The molecule has 0 aromatic heterocycles. The van der Waals surface area contributed by atoms with Crippen molar-refractivity contribution in [1.29, 1.82) is 0 Å². The fourth-order valence-electron chi connectivity index (χ4n) is 4.26. The molecule has 8 nitrogen and oxygen atoms in total. The minimum atomic E-state index is -0.431. The molecule has 1 saturated heterocycles. The van der Waals surface area contributed by atoms with E-state index in [0.717, 1.165) is 24.3 Å². The maximum Gasteiger partial charge on any atom is 0.501 e. The van der Waals surface area contributed by atoms with E-state index in [1.807, 2.05) is 36.6 Å². The van der Waals surface area contributed by atoms with Gasteiger partial charge in [-0.15, -0.1) is 11.8 Å². The monoisotopic (exact) mass is 457 g/mol. The quantitative estimate of drug-likeness (QED) is 0.585. The number of urea groups is 1. The highest BCUT2D eigenvalue weighted by Gasteiger charge is 2.49. The Balaban J connectivity index is 1.44. The molecule has 0 N–H and O–H groups in total. The first-order valence-electron chi connectivity index (χ1n) is 11.0. The number of allylic oxidation sites excluding steroid dienone is 1. The molecule has 0 radical (unpaired) electrons. The van der Waals surface area contributed by atoms with Crippen LogP contribution >= 0.6 is 11.8 Å². The summed E-state index contributed by atoms with van der Waals surface area (Å²) in [6, 6.07) is 7.48. The maximum atomic E-state index is 13.1. The van der Waals surface area contributed by atoms with Crippen LogP contribution in [0.15, 0.2) is 35.7 Å². The van der Waals surface area contributed by atoms with Crippen LogP contribution in [0.5, 0.6) is 5.75 Å². The summed E-state index contributed by atoms with van der Waals surface area (Å²) in [5.41, 5.74) is 1.64. The minimum absolute atomic E-state index is 0.0415. The molecular weight excluding hydrogens is 428 g/mol. The van der Waals surface area contributed by atoms with Crippen LogP contribution in [0.1, 0.15) is 19.8 Å². The van der Waals surface area contributed by atoms with Gasteiger partial charge in [0.1, 0.15) is 11.5 Å². The Bertz CT molecular complexity index is 968. The zero-order chi connectivity index (χ0) is 22.7. The lowest BCUT2D eigenvalue weighted by Crippen LogP contribution is -2.58. The fourth-order valence-corrected chi connectivity index (χ4v) is 5.22. The molecule has 3 heterocycles. The van der Waals surface area contributed by atoms with Gasteiger partial charge in [-0.1, -0.05) is 25.5 Å². The van der Waals surface area contributed by atoms with Crippen molar-refractivity contribution >= 4 is 41.0 Å². The van der Waals surface area contributed by atoms with Crippen LogP contribution in [-0.4, -0.2) is 89.6 Å². The van der Waals surface area contributed by atoms with Gasteiger partial charge in [0, 0.05) is 26.2 Å². The predicted molar refractivity (Wildman–Crippen MR) is 124 cm³/mol. The molecule has 0 bridgehead atoms. The molecule has 1 unspecified atom stereocenters. The Labute approximate surface area is 192 Å². The Kier molecular flexibility index (Phi) is 6.83. The fraction of sp³-hybridized carbons (Fsp3) is 0.478. The third kappa shape index (κ3) is 4.26. The van der Waals surface area contributed by atoms with Crippen molar-refractivity contribution < 1.29 is 23.7 Å². The summed E-state index contributed by atoms with van der Waals surface area (Å²) in [6.45, 7) is 4.89. The summed E-state index contributed by atoms with van der Waals surface area (Å²) >= 11 is 1.40. The zero-order valence-electron chi connectivity index (χ0n) is 18.5. The number of methoxy groups -OCH3 is 1. The van der Waals surface area contributed by atoms with E-state index in [9.17, 15) is 14.4 Å². The Hall–Kier alpha value is -2.81. The van der Waals surface area contributed by atoms with Gasteiger partial charge >= 0.3 is 11.9 Å². The van der Waals surface area contributed by atoms with Gasteiger partial charge in [-0.2, -0.15) is 14.3 Å². The van der Waals surface area contributed by atoms with E-state index in [-0.39, 0.29) is 24.4 Å². The summed E-state index contributed by atoms with van der Waals surface area (Å²) in [5.74, 6) is 0.540. The maximum absolute atomic E-state index is 13.1. The first-order chi connectivity index (χ1) is 15.5. The van der Waals surface area contributed by atoms with Crippen molar-refractivity contribution in [1.82, 2.24) is 9.80 Å². The van der Waals surface area contributed by atoms with Crippen LogP contribution in [0.3, 0.4) is 0 Å². The zero-order valence-corrected chi connectivity index (χ0v) is 19.3. The van der Waals surface area contributed by atoms with Crippen molar-refractivity contribution in [2.24, 2.45) is 0 Å². The molecule has 4 rings (SSSR count). The van der Waals surface area contributed by atoms with Crippen molar-refractivity contribution in [2.45, 2.75) is 25.0 Å². The van der Waals surface area contributed by atoms with Gasteiger partial charge in [-0.3, -0.25) is 4.79 Å². The molecule has 0 spiro atoms. The SMILES string of the molecule is CCCCN1C(=O)C2SC=CC2=[N+](CC(=O)N2CCN(c3ccccc3OC)CC2)C1=O. The molecule has 170 valence electrons. The molecule has 3 aliphatic heterocycles. The standard InChI is InChI=1S/C23H29N4O4S/c1-3-4-10-26-22(29)21-18(9-15-32-21)27(23(26)30)16-20(28)25-13-11-24(12-14-25)17-7-5-6-8-19(17)31-2/h5-9,15,21H,3-4,10-14,16H2,1-2H3/q+1. The molecule has 1 fully saturated rings. The van der Waals surface area contributed by atoms with Crippen LogP contribution in [0, 0.1) is 0 Å². The third-order valence-electron chi connectivity index (χ3n) is 6.07. The van der Waals surface area contributed by atoms with Crippen LogP contribution in [-0.2, 0) is 9.59 Å². The molecule has 0 aliphatic carbocycles. The number of rotatable bonds is 7. The number of fused-ring (bicyclic) bond motifs is 1. The molecular formula is C23H29N4O4S+. The highest BCUT2D eigenvalue weighted by atomic mass is 32.2. The second-order valence-corrected chi connectivity index (χ2v) is 9.01. The normalized spacial score (nSPS) is 20.8. The van der Waals surface area contributed by atoms with Crippen LogP contribution in [0.25, 0.3) is 0 Å². The topological polar surface area (TPSA) is 73.2 Å². The van der Waals surface area contributed by atoms with Gasteiger partial charge in [0.2, 0.25) is 0 Å². The molecule has 32 heavy (non-hydrogen) atoms. The Morgan fingerprint density at radius 3 is 2.66 bits per heavy atom. The van der Waals surface area contributed by atoms with Gasteiger partial charge in [0.05, 0.1) is 19.3 Å². The number of carbonyl (C=O) groups excluding carboxylic acids is 3. The lowest BCUT2D eigenvalue weighted by atomic mass is 10.1. The average Bonchev–Trinajstić information content (AvgIpc) is 3.32. The first-order valence-corrected chi connectivity index (χ1v) is 12.0. The number of anilines is 1. The van der Waals surface area contributed by atoms with Crippen molar-refractivity contribution in [3.8, 4) is 5.75 Å². The summed E-state index contributed by atoms with van der Waals surface area (Å²) in [5, 5.41) is 1.40. The first kappa shape index (κ1) is 22.4. The molecule has 1 atom stereocenters. The van der Waals surface area contributed by atoms with Gasteiger partial charge in [0.25, 0.3) is 5.91 Å². The second-order valence-electron chi connectivity index (χ2n) is 8.00. The van der Waals surface area contributed by atoms with E-state index in [4.69, 9.17) is 4.74 Å². The number of hydrogen-bond acceptors (Lipinski definition) is 6. The van der Waals surface area contributed by atoms with E-state index in [1.165, 1.54) is 21.2 Å². The number of imide groups is 1. The lowest BCUT2D eigenvalue weighted by Gasteiger charge is -2.36. The number of hydrogen-bond donors (Lipinski definition) is 0. The predicted octanol–water partition coefficient (Wildman–Crippen LogP) is 2.19.